The molecule has 2 nitrogen and oxygen atoms in total. The highest BCUT2D eigenvalue weighted by Gasteiger charge is 2.37. The number of rotatable bonds is 8. The van der Waals surface area contributed by atoms with E-state index in [-0.39, 0.29) is 5.91 Å². The van der Waals surface area contributed by atoms with Crippen molar-refractivity contribution in [3.63, 3.8) is 0 Å². The minimum Gasteiger partial charge on any atom is -0.319 e. The maximum atomic E-state index is 11.6. The zero-order chi connectivity index (χ0) is 12.7. The molecule has 0 aromatic rings. The lowest BCUT2D eigenvalue weighted by Crippen LogP contribution is -2.27. The highest BCUT2D eigenvalue weighted by atomic mass is 16.2. The van der Waals surface area contributed by atoms with Crippen LogP contribution in [0.3, 0.4) is 0 Å². The fraction of sp³-hybridized carbons (Fsp3) is 0.667. The third-order valence-corrected chi connectivity index (χ3v) is 3.45. The summed E-state index contributed by atoms with van der Waals surface area (Å²) in [6.07, 6.45) is 11.6. The lowest BCUT2D eigenvalue weighted by atomic mass is 10.1. The molecule has 0 aliphatic heterocycles. The van der Waals surface area contributed by atoms with Gasteiger partial charge in [0.1, 0.15) is 0 Å². The van der Waals surface area contributed by atoms with Gasteiger partial charge in [-0.1, -0.05) is 32.6 Å². The van der Waals surface area contributed by atoms with Crippen LogP contribution in [0.5, 0.6) is 0 Å². The van der Waals surface area contributed by atoms with Crippen molar-refractivity contribution >= 4 is 5.91 Å². The third-order valence-electron chi connectivity index (χ3n) is 3.45. The predicted octanol–water partition coefficient (Wildman–Crippen LogP) is 3.75. The highest BCUT2D eigenvalue weighted by Crippen LogP contribution is 2.42. The molecule has 2 atom stereocenters. The van der Waals surface area contributed by atoms with Crippen LogP contribution in [0.25, 0.3) is 0 Å². The van der Waals surface area contributed by atoms with Gasteiger partial charge in [-0.2, -0.15) is 0 Å². The molecule has 1 aliphatic rings. The maximum absolute atomic E-state index is 11.6. The van der Waals surface area contributed by atoms with E-state index in [1.54, 1.807) is 11.1 Å². The summed E-state index contributed by atoms with van der Waals surface area (Å²) in [5, 5.41) is 0. The number of carbonyl (C=O) groups excluding carboxylic acids is 1. The van der Waals surface area contributed by atoms with E-state index in [1.807, 2.05) is 6.92 Å². The number of nitrogens with zero attached hydrogens (tertiary/aromatic N) is 1. The topological polar surface area (TPSA) is 20.3 Å². The molecule has 17 heavy (non-hydrogen) atoms. The Labute approximate surface area is 105 Å². The van der Waals surface area contributed by atoms with Crippen LogP contribution in [0, 0.1) is 11.8 Å². The van der Waals surface area contributed by atoms with Crippen LogP contribution in [0.2, 0.25) is 0 Å². The summed E-state index contributed by atoms with van der Waals surface area (Å²) in [6.45, 7) is 8.65. The molecular formula is C15H25NO. The SMILES string of the molecule is C=CN(C[C@@H]1C[C@H]1CC/C=C\CC)C(=O)CC. The molecule has 1 saturated carbocycles. The summed E-state index contributed by atoms with van der Waals surface area (Å²) < 4.78 is 0. The molecule has 1 amide bonds. The van der Waals surface area contributed by atoms with Gasteiger partial charge in [0.15, 0.2) is 0 Å². The summed E-state index contributed by atoms with van der Waals surface area (Å²) in [5.74, 6) is 1.72. The first-order valence-corrected chi connectivity index (χ1v) is 6.79. The van der Waals surface area contributed by atoms with Gasteiger partial charge in [0.25, 0.3) is 0 Å². The molecule has 0 unspecified atom stereocenters. The molecule has 0 heterocycles. The fourth-order valence-corrected chi connectivity index (χ4v) is 2.22. The second-order valence-electron chi connectivity index (χ2n) is 4.80. The molecule has 0 aromatic heterocycles. The molecule has 0 N–H and O–H groups in total. The van der Waals surface area contributed by atoms with Crippen LogP contribution in [-0.2, 0) is 4.79 Å². The van der Waals surface area contributed by atoms with Crippen LogP contribution in [-0.4, -0.2) is 17.4 Å². The summed E-state index contributed by atoms with van der Waals surface area (Å²) in [6, 6.07) is 0. The molecule has 0 aromatic carbocycles. The van der Waals surface area contributed by atoms with Crippen LogP contribution in [0.4, 0.5) is 0 Å². The Balaban J connectivity index is 2.20. The Morgan fingerprint density at radius 1 is 1.35 bits per heavy atom. The van der Waals surface area contributed by atoms with Gasteiger partial charge < -0.3 is 4.90 Å². The van der Waals surface area contributed by atoms with Crippen molar-refractivity contribution < 1.29 is 4.79 Å². The summed E-state index contributed by atoms with van der Waals surface area (Å²) >= 11 is 0. The van der Waals surface area contributed by atoms with Gasteiger partial charge in [0, 0.05) is 13.0 Å². The maximum Gasteiger partial charge on any atom is 0.226 e. The van der Waals surface area contributed by atoms with Gasteiger partial charge >= 0.3 is 0 Å². The summed E-state index contributed by atoms with van der Waals surface area (Å²) in [5.41, 5.74) is 0. The zero-order valence-electron chi connectivity index (χ0n) is 11.2. The Morgan fingerprint density at radius 2 is 2.12 bits per heavy atom. The van der Waals surface area contributed by atoms with E-state index in [0.717, 1.165) is 18.9 Å². The van der Waals surface area contributed by atoms with E-state index in [4.69, 9.17) is 0 Å². The van der Waals surface area contributed by atoms with Crippen molar-refractivity contribution in [1.82, 2.24) is 4.90 Å². The van der Waals surface area contributed by atoms with E-state index in [1.165, 1.54) is 19.3 Å². The lowest BCUT2D eigenvalue weighted by molar-refractivity contribution is -0.128. The van der Waals surface area contributed by atoms with Crippen molar-refractivity contribution in [2.24, 2.45) is 11.8 Å². The van der Waals surface area contributed by atoms with Gasteiger partial charge in [-0.15, -0.1) is 0 Å². The van der Waals surface area contributed by atoms with Crippen molar-refractivity contribution in [3.05, 3.63) is 24.9 Å². The molecule has 2 heteroatoms. The normalized spacial score (nSPS) is 22.7. The number of hydrogen-bond donors (Lipinski definition) is 0. The molecule has 0 radical (unpaired) electrons. The average molecular weight is 235 g/mol. The van der Waals surface area contributed by atoms with Crippen LogP contribution in [0.1, 0.15) is 46.0 Å². The predicted molar refractivity (Wildman–Crippen MR) is 72.5 cm³/mol. The van der Waals surface area contributed by atoms with Crippen molar-refractivity contribution in [2.45, 2.75) is 46.0 Å². The highest BCUT2D eigenvalue weighted by molar-refractivity contribution is 5.76. The second-order valence-corrected chi connectivity index (χ2v) is 4.80. The minimum absolute atomic E-state index is 0.191. The fourth-order valence-electron chi connectivity index (χ4n) is 2.22. The number of amides is 1. The van der Waals surface area contributed by atoms with Gasteiger partial charge in [-0.25, -0.2) is 0 Å². The monoisotopic (exact) mass is 235 g/mol. The second kappa shape index (κ2) is 7.31. The van der Waals surface area contributed by atoms with Gasteiger partial charge in [-0.05, 0) is 43.7 Å². The van der Waals surface area contributed by atoms with E-state index in [2.05, 4.69) is 25.7 Å². The van der Waals surface area contributed by atoms with Crippen molar-refractivity contribution in [2.75, 3.05) is 6.54 Å². The van der Waals surface area contributed by atoms with Crippen LogP contribution < -0.4 is 0 Å². The summed E-state index contributed by atoms with van der Waals surface area (Å²) in [4.78, 5) is 13.3. The Kier molecular flexibility index (Phi) is 6.03. The molecule has 0 bridgehead atoms. The minimum atomic E-state index is 0.191. The third kappa shape index (κ3) is 4.76. The first kappa shape index (κ1) is 14.0. The Hall–Kier alpha value is -1.05. The first-order chi connectivity index (χ1) is 8.22. The Bertz CT molecular complexity index is 283. The zero-order valence-corrected chi connectivity index (χ0v) is 11.2. The molecule has 96 valence electrons. The molecule has 0 spiro atoms. The van der Waals surface area contributed by atoms with Crippen molar-refractivity contribution in [1.29, 1.82) is 0 Å². The lowest BCUT2D eigenvalue weighted by Gasteiger charge is -2.16. The average Bonchev–Trinajstić information content (AvgIpc) is 3.09. The number of hydrogen-bond acceptors (Lipinski definition) is 1. The van der Waals surface area contributed by atoms with Gasteiger partial charge in [-0.3, -0.25) is 4.79 Å². The smallest absolute Gasteiger partial charge is 0.226 e. The van der Waals surface area contributed by atoms with Crippen LogP contribution >= 0.6 is 0 Å². The molecule has 1 fully saturated rings. The van der Waals surface area contributed by atoms with Crippen LogP contribution in [0.15, 0.2) is 24.9 Å². The summed E-state index contributed by atoms with van der Waals surface area (Å²) in [7, 11) is 0. The first-order valence-electron chi connectivity index (χ1n) is 6.79. The molecular weight excluding hydrogens is 210 g/mol. The van der Waals surface area contributed by atoms with Crippen molar-refractivity contribution in [3.8, 4) is 0 Å². The largest absolute Gasteiger partial charge is 0.319 e. The van der Waals surface area contributed by atoms with E-state index in [9.17, 15) is 4.79 Å². The quantitative estimate of drug-likeness (QED) is 0.587. The molecule has 0 saturated heterocycles. The molecule has 1 aliphatic carbocycles. The van der Waals surface area contributed by atoms with E-state index >= 15 is 0 Å². The van der Waals surface area contributed by atoms with E-state index in [0.29, 0.717) is 12.3 Å². The van der Waals surface area contributed by atoms with Gasteiger partial charge in [0.05, 0.1) is 0 Å². The molecule has 1 rings (SSSR count). The van der Waals surface area contributed by atoms with E-state index < -0.39 is 0 Å². The number of carbonyl (C=O) groups is 1. The van der Waals surface area contributed by atoms with Gasteiger partial charge in [0.2, 0.25) is 5.91 Å². The standard InChI is InChI=1S/C15H25NO/c1-4-7-8-9-10-13-11-14(13)12-16(6-3)15(17)5-2/h6-8,13-14H,3-5,9-12H2,1-2H3/b8-7-/t13-,14+/m1/s1. The number of allylic oxidation sites excluding steroid dienone is 2. The Morgan fingerprint density at radius 3 is 2.71 bits per heavy atom.